The maximum absolute atomic E-state index is 5.97. The van der Waals surface area contributed by atoms with Crippen LogP contribution >= 0.6 is 11.6 Å². The fourth-order valence-electron chi connectivity index (χ4n) is 2.42. The third-order valence-electron chi connectivity index (χ3n) is 3.49. The summed E-state index contributed by atoms with van der Waals surface area (Å²) in [6, 6.07) is 7.65. The van der Waals surface area contributed by atoms with E-state index in [1.165, 1.54) is 6.42 Å². The number of piperidine rings is 1. The van der Waals surface area contributed by atoms with Gasteiger partial charge in [-0.2, -0.15) is 4.98 Å². The summed E-state index contributed by atoms with van der Waals surface area (Å²) in [6.45, 7) is 3.25. The lowest BCUT2D eigenvalue weighted by Gasteiger charge is -2.25. The van der Waals surface area contributed by atoms with Crippen LogP contribution in [0.25, 0.3) is 11.4 Å². The molecule has 3 rings (SSSR count). The van der Waals surface area contributed by atoms with Gasteiger partial charge in [0.2, 0.25) is 11.7 Å². The molecule has 1 aliphatic rings. The van der Waals surface area contributed by atoms with Crippen molar-refractivity contribution in [3.05, 3.63) is 35.2 Å². The van der Waals surface area contributed by atoms with E-state index in [1.807, 2.05) is 24.3 Å². The summed E-state index contributed by atoms with van der Waals surface area (Å²) in [7, 11) is 0. The van der Waals surface area contributed by atoms with Gasteiger partial charge in [-0.05, 0) is 37.4 Å². The molecule has 1 aliphatic heterocycles. The quantitative estimate of drug-likeness (QED) is 0.913. The number of nitrogens with zero attached hydrogens (tertiary/aromatic N) is 2. The van der Waals surface area contributed by atoms with Crippen molar-refractivity contribution >= 4 is 11.6 Å². The third kappa shape index (κ3) is 2.80. The van der Waals surface area contributed by atoms with Gasteiger partial charge >= 0.3 is 0 Å². The standard InChI is InChI=1S/C14H16ClN3O/c1-9-5-6-16-12(7-9)14-17-13(18-19-14)10-3-2-4-11(15)8-10/h2-4,8-9,12,16H,5-7H2,1H3/t9-,12+/m1/s1. The number of nitrogens with one attached hydrogen (secondary N) is 1. The van der Waals surface area contributed by atoms with Crippen molar-refractivity contribution < 1.29 is 4.52 Å². The van der Waals surface area contributed by atoms with E-state index in [4.69, 9.17) is 16.1 Å². The topological polar surface area (TPSA) is 51.0 Å². The van der Waals surface area contributed by atoms with Crippen LogP contribution < -0.4 is 5.32 Å². The first-order valence-corrected chi connectivity index (χ1v) is 6.93. The van der Waals surface area contributed by atoms with E-state index < -0.39 is 0 Å². The normalized spacial score (nSPS) is 23.5. The minimum absolute atomic E-state index is 0.171. The molecule has 4 nitrogen and oxygen atoms in total. The summed E-state index contributed by atoms with van der Waals surface area (Å²) in [4.78, 5) is 4.48. The van der Waals surface area contributed by atoms with Crippen LogP contribution in [0.15, 0.2) is 28.8 Å². The van der Waals surface area contributed by atoms with Gasteiger partial charge in [-0.1, -0.05) is 35.8 Å². The molecule has 0 aliphatic carbocycles. The highest BCUT2D eigenvalue weighted by atomic mass is 35.5. The molecule has 1 fully saturated rings. The first-order chi connectivity index (χ1) is 9.22. The van der Waals surface area contributed by atoms with E-state index in [1.54, 1.807) is 0 Å². The second-order valence-corrected chi connectivity index (χ2v) is 5.54. The molecular formula is C14H16ClN3O. The van der Waals surface area contributed by atoms with Crippen molar-refractivity contribution in [2.24, 2.45) is 5.92 Å². The van der Waals surface area contributed by atoms with Crippen LogP contribution in [0.5, 0.6) is 0 Å². The van der Waals surface area contributed by atoms with E-state index in [9.17, 15) is 0 Å². The highest BCUT2D eigenvalue weighted by molar-refractivity contribution is 6.30. The summed E-state index contributed by atoms with van der Waals surface area (Å²) in [6.07, 6.45) is 2.24. The summed E-state index contributed by atoms with van der Waals surface area (Å²) in [5.74, 6) is 1.95. The Morgan fingerprint density at radius 3 is 3.11 bits per heavy atom. The Kier molecular flexibility index (Phi) is 3.53. The van der Waals surface area contributed by atoms with Crippen LogP contribution in [0.2, 0.25) is 5.02 Å². The van der Waals surface area contributed by atoms with Crippen LogP contribution in [-0.4, -0.2) is 16.7 Å². The summed E-state index contributed by atoms with van der Waals surface area (Å²) in [5.41, 5.74) is 0.881. The molecule has 0 radical (unpaired) electrons. The van der Waals surface area contributed by atoms with Crippen molar-refractivity contribution in [1.82, 2.24) is 15.5 Å². The second-order valence-electron chi connectivity index (χ2n) is 5.10. The molecule has 1 saturated heterocycles. The average molecular weight is 278 g/mol. The van der Waals surface area contributed by atoms with Gasteiger partial charge in [-0.3, -0.25) is 0 Å². The zero-order valence-electron chi connectivity index (χ0n) is 10.8. The smallest absolute Gasteiger partial charge is 0.244 e. The molecule has 0 amide bonds. The molecule has 1 aromatic heterocycles. The molecule has 100 valence electrons. The van der Waals surface area contributed by atoms with Crippen molar-refractivity contribution in [2.75, 3.05) is 6.54 Å². The molecule has 2 atom stereocenters. The van der Waals surface area contributed by atoms with Crippen LogP contribution in [0.1, 0.15) is 31.7 Å². The van der Waals surface area contributed by atoms with Gasteiger partial charge in [0.1, 0.15) is 0 Å². The van der Waals surface area contributed by atoms with E-state index in [2.05, 4.69) is 22.4 Å². The molecule has 19 heavy (non-hydrogen) atoms. The predicted octanol–water partition coefficient (Wildman–Crippen LogP) is 3.45. The van der Waals surface area contributed by atoms with Crippen LogP contribution in [-0.2, 0) is 0 Å². The molecular weight excluding hydrogens is 262 g/mol. The van der Waals surface area contributed by atoms with Gasteiger partial charge in [0, 0.05) is 10.6 Å². The largest absolute Gasteiger partial charge is 0.337 e. The Hall–Kier alpha value is -1.39. The molecule has 1 aromatic carbocycles. The molecule has 2 heterocycles. The Labute approximate surface area is 117 Å². The average Bonchev–Trinajstić information content (AvgIpc) is 2.88. The monoisotopic (exact) mass is 277 g/mol. The lowest BCUT2D eigenvalue weighted by molar-refractivity contribution is 0.260. The summed E-state index contributed by atoms with van der Waals surface area (Å²) in [5, 5.41) is 8.14. The van der Waals surface area contributed by atoms with E-state index in [0.717, 1.165) is 18.5 Å². The third-order valence-corrected chi connectivity index (χ3v) is 3.72. The van der Waals surface area contributed by atoms with Gasteiger partial charge in [-0.15, -0.1) is 0 Å². The fraction of sp³-hybridized carbons (Fsp3) is 0.429. The van der Waals surface area contributed by atoms with Gasteiger partial charge in [-0.25, -0.2) is 0 Å². The first-order valence-electron chi connectivity index (χ1n) is 6.55. The van der Waals surface area contributed by atoms with Gasteiger partial charge in [0.15, 0.2) is 0 Å². The number of hydrogen-bond donors (Lipinski definition) is 1. The molecule has 2 aromatic rings. The fourth-order valence-corrected chi connectivity index (χ4v) is 2.61. The predicted molar refractivity (Wildman–Crippen MR) is 73.9 cm³/mol. The Morgan fingerprint density at radius 2 is 2.32 bits per heavy atom. The Morgan fingerprint density at radius 1 is 1.42 bits per heavy atom. The van der Waals surface area contributed by atoms with E-state index >= 15 is 0 Å². The lowest BCUT2D eigenvalue weighted by Crippen LogP contribution is -2.30. The number of hydrogen-bond acceptors (Lipinski definition) is 4. The Bertz CT molecular complexity index is 569. The number of halogens is 1. The Balaban J connectivity index is 1.83. The molecule has 0 bridgehead atoms. The van der Waals surface area contributed by atoms with Crippen LogP contribution in [0, 0.1) is 5.92 Å². The van der Waals surface area contributed by atoms with E-state index in [-0.39, 0.29) is 6.04 Å². The van der Waals surface area contributed by atoms with Crippen molar-refractivity contribution in [3.63, 3.8) is 0 Å². The van der Waals surface area contributed by atoms with Crippen molar-refractivity contribution in [1.29, 1.82) is 0 Å². The molecule has 0 saturated carbocycles. The maximum Gasteiger partial charge on any atom is 0.244 e. The molecule has 1 N–H and O–H groups in total. The van der Waals surface area contributed by atoms with Crippen LogP contribution in [0.4, 0.5) is 0 Å². The van der Waals surface area contributed by atoms with Crippen LogP contribution in [0.3, 0.4) is 0 Å². The number of aromatic nitrogens is 2. The molecule has 0 unspecified atom stereocenters. The first kappa shape index (κ1) is 12.6. The SMILES string of the molecule is C[C@@H]1CCN[C@H](c2nc(-c3cccc(Cl)c3)no2)C1. The summed E-state index contributed by atoms with van der Waals surface area (Å²) < 4.78 is 5.38. The lowest BCUT2D eigenvalue weighted by atomic mass is 9.94. The second kappa shape index (κ2) is 5.31. The minimum atomic E-state index is 0.171. The maximum atomic E-state index is 5.97. The molecule has 0 spiro atoms. The zero-order valence-corrected chi connectivity index (χ0v) is 11.5. The van der Waals surface area contributed by atoms with Gasteiger partial charge < -0.3 is 9.84 Å². The highest BCUT2D eigenvalue weighted by Crippen LogP contribution is 2.27. The number of benzene rings is 1. The van der Waals surface area contributed by atoms with Crippen molar-refractivity contribution in [3.8, 4) is 11.4 Å². The number of rotatable bonds is 2. The van der Waals surface area contributed by atoms with E-state index in [0.29, 0.717) is 22.7 Å². The zero-order chi connectivity index (χ0) is 13.2. The molecule has 5 heteroatoms. The van der Waals surface area contributed by atoms with Gasteiger partial charge in [0.05, 0.1) is 6.04 Å². The highest BCUT2D eigenvalue weighted by Gasteiger charge is 2.24. The summed E-state index contributed by atoms with van der Waals surface area (Å²) >= 11 is 5.97. The van der Waals surface area contributed by atoms with Gasteiger partial charge in [0.25, 0.3) is 0 Å². The van der Waals surface area contributed by atoms with Crippen molar-refractivity contribution in [2.45, 2.75) is 25.8 Å². The minimum Gasteiger partial charge on any atom is -0.337 e.